The van der Waals surface area contributed by atoms with Crippen LogP contribution in [-0.4, -0.2) is 32.8 Å². The smallest absolute Gasteiger partial charge is 0.306 e. The molecule has 0 amide bonds. The Balaban J connectivity index is 1.69. The largest absolute Gasteiger partial charge is 0.490 e. The molecule has 0 aliphatic carbocycles. The third-order valence-corrected chi connectivity index (χ3v) is 4.46. The number of nitrogens with zero attached hydrogens (tertiary/aromatic N) is 1. The van der Waals surface area contributed by atoms with E-state index in [9.17, 15) is 13.2 Å². The van der Waals surface area contributed by atoms with Crippen molar-refractivity contribution in [3.8, 4) is 5.75 Å². The minimum absolute atomic E-state index is 0.00519. The molecule has 2 aromatic rings. The number of ether oxygens (including phenoxy) is 2. The fourth-order valence-electron chi connectivity index (χ4n) is 2.20. The second kappa shape index (κ2) is 8.13. The van der Waals surface area contributed by atoms with Gasteiger partial charge in [0.1, 0.15) is 24.7 Å². The molecule has 0 atom stereocenters. The van der Waals surface area contributed by atoms with Crippen molar-refractivity contribution in [1.82, 2.24) is 5.16 Å². The van der Waals surface area contributed by atoms with Gasteiger partial charge in [0.05, 0.1) is 10.6 Å². The quantitative estimate of drug-likeness (QED) is 0.553. The van der Waals surface area contributed by atoms with Gasteiger partial charge in [-0.15, -0.1) is 0 Å². The first kappa shape index (κ1) is 18.9. The Hall–Kier alpha value is -2.39. The van der Waals surface area contributed by atoms with Crippen molar-refractivity contribution in [2.75, 3.05) is 13.2 Å². The van der Waals surface area contributed by atoms with Gasteiger partial charge in [-0.05, 0) is 44.5 Å². The Labute approximate surface area is 145 Å². The maximum atomic E-state index is 11.7. The zero-order valence-electron chi connectivity index (χ0n) is 14.0. The molecule has 0 radical (unpaired) electrons. The van der Waals surface area contributed by atoms with E-state index in [1.165, 1.54) is 24.3 Å². The standard InChI is InChI=1S/C16H20N2O6S/c1-11-15(12(2)24-18-11)7-8-16(19)23-10-9-22-13-3-5-14(6-4-13)25(17,20)21/h3-6H,7-10H2,1-2H3,(H2,17,20,21). The molecule has 25 heavy (non-hydrogen) atoms. The summed E-state index contributed by atoms with van der Waals surface area (Å²) >= 11 is 0. The summed E-state index contributed by atoms with van der Waals surface area (Å²) in [4.78, 5) is 11.7. The molecule has 0 aliphatic heterocycles. The Morgan fingerprint density at radius 2 is 1.88 bits per heavy atom. The minimum Gasteiger partial charge on any atom is -0.490 e. The van der Waals surface area contributed by atoms with Crippen LogP contribution < -0.4 is 9.88 Å². The van der Waals surface area contributed by atoms with Gasteiger partial charge >= 0.3 is 5.97 Å². The molecule has 0 saturated heterocycles. The Morgan fingerprint density at radius 1 is 1.20 bits per heavy atom. The third-order valence-electron chi connectivity index (χ3n) is 3.53. The van der Waals surface area contributed by atoms with Gasteiger partial charge in [0.25, 0.3) is 0 Å². The molecule has 1 aromatic heterocycles. The van der Waals surface area contributed by atoms with Crippen LogP contribution in [0.2, 0.25) is 0 Å². The molecule has 136 valence electrons. The summed E-state index contributed by atoms with van der Waals surface area (Å²) < 4.78 is 37.8. The van der Waals surface area contributed by atoms with Gasteiger partial charge < -0.3 is 14.0 Å². The van der Waals surface area contributed by atoms with Crippen LogP contribution in [0.5, 0.6) is 5.75 Å². The molecule has 8 nitrogen and oxygen atoms in total. The zero-order valence-corrected chi connectivity index (χ0v) is 14.8. The van der Waals surface area contributed by atoms with E-state index in [0.717, 1.165) is 11.3 Å². The number of rotatable bonds is 8. The third kappa shape index (κ3) is 5.57. The fraction of sp³-hybridized carbons (Fsp3) is 0.375. The molecule has 1 heterocycles. The van der Waals surface area contributed by atoms with Gasteiger partial charge in [0, 0.05) is 12.0 Å². The molecular weight excluding hydrogens is 348 g/mol. The average Bonchev–Trinajstić information content (AvgIpc) is 2.88. The van der Waals surface area contributed by atoms with Crippen LogP contribution in [0.15, 0.2) is 33.7 Å². The second-order valence-corrected chi connectivity index (χ2v) is 6.95. The number of carbonyl (C=O) groups is 1. The van der Waals surface area contributed by atoms with Crippen LogP contribution in [0.1, 0.15) is 23.4 Å². The first-order valence-corrected chi connectivity index (χ1v) is 9.15. The number of aromatic nitrogens is 1. The summed E-state index contributed by atoms with van der Waals surface area (Å²) in [6.45, 7) is 3.88. The lowest BCUT2D eigenvalue weighted by molar-refractivity contribution is -0.144. The van der Waals surface area contributed by atoms with E-state index in [2.05, 4.69) is 5.16 Å². The van der Waals surface area contributed by atoms with E-state index >= 15 is 0 Å². The maximum absolute atomic E-state index is 11.7. The van der Waals surface area contributed by atoms with Gasteiger partial charge in [0.2, 0.25) is 10.0 Å². The molecule has 0 aliphatic rings. The number of hydrogen-bond acceptors (Lipinski definition) is 7. The van der Waals surface area contributed by atoms with E-state index in [1.54, 1.807) is 6.92 Å². The second-order valence-electron chi connectivity index (χ2n) is 5.39. The molecule has 0 saturated carbocycles. The number of nitrogens with two attached hydrogens (primary N) is 1. The van der Waals surface area contributed by atoms with Crippen molar-refractivity contribution in [2.24, 2.45) is 5.14 Å². The van der Waals surface area contributed by atoms with Crippen LogP contribution >= 0.6 is 0 Å². The lowest BCUT2D eigenvalue weighted by atomic mass is 10.1. The normalized spacial score (nSPS) is 11.3. The highest BCUT2D eigenvalue weighted by molar-refractivity contribution is 7.89. The van der Waals surface area contributed by atoms with Gasteiger partial charge in [0.15, 0.2) is 0 Å². The summed E-state index contributed by atoms with van der Waals surface area (Å²) in [5, 5.41) is 8.84. The van der Waals surface area contributed by atoms with Crippen molar-refractivity contribution in [3.05, 3.63) is 41.3 Å². The van der Waals surface area contributed by atoms with Crippen molar-refractivity contribution < 1.29 is 27.2 Å². The van der Waals surface area contributed by atoms with Crippen molar-refractivity contribution in [1.29, 1.82) is 0 Å². The van der Waals surface area contributed by atoms with Crippen LogP contribution in [0.3, 0.4) is 0 Å². The molecule has 1 aromatic carbocycles. The van der Waals surface area contributed by atoms with Crippen molar-refractivity contribution in [3.63, 3.8) is 0 Å². The topological polar surface area (TPSA) is 122 Å². The van der Waals surface area contributed by atoms with E-state index in [-0.39, 0.29) is 30.5 Å². The van der Waals surface area contributed by atoms with Gasteiger partial charge in [-0.25, -0.2) is 13.6 Å². The molecule has 0 spiro atoms. The first-order chi connectivity index (χ1) is 11.8. The number of carbonyl (C=O) groups excluding carboxylic acids is 1. The molecule has 0 bridgehead atoms. The van der Waals surface area contributed by atoms with Crippen LogP contribution in [-0.2, 0) is 26.0 Å². The number of benzene rings is 1. The predicted octanol–water partition coefficient (Wildman–Crippen LogP) is 1.49. The van der Waals surface area contributed by atoms with Crippen molar-refractivity contribution >= 4 is 16.0 Å². The Bertz CT molecular complexity index is 807. The van der Waals surface area contributed by atoms with E-state index in [4.69, 9.17) is 19.1 Å². The molecular formula is C16H20N2O6S. The van der Waals surface area contributed by atoms with Gasteiger partial charge in [-0.3, -0.25) is 4.79 Å². The van der Waals surface area contributed by atoms with Crippen molar-refractivity contribution in [2.45, 2.75) is 31.6 Å². The SMILES string of the molecule is Cc1noc(C)c1CCC(=O)OCCOc1ccc(S(N)(=O)=O)cc1. The van der Waals surface area contributed by atoms with Crippen LogP contribution in [0.25, 0.3) is 0 Å². The molecule has 2 N–H and O–H groups in total. The highest BCUT2D eigenvalue weighted by Gasteiger charge is 2.12. The number of aryl methyl sites for hydroxylation is 2. The summed E-state index contributed by atoms with van der Waals surface area (Å²) in [5.41, 5.74) is 1.69. The lowest BCUT2D eigenvalue weighted by Crippen LogP contribution is -2.13. The Morgan fingerprint density at radius 3 is 2.44 bits per heavy atom. The van der Waals surface area contributed by atoms with E-state index < -0.39 is 10.0 Å². The lowest BCUT2D eigenvalue weighted by Gasteiger charge is -2.08. The number of primary sulfonamides is 1. The number of sulfonamides is 1. The highest BCUT2D eigenvalue weighted by atomic mass is 32.2. The van der Waals surface area contributed by atoms with Crippen LogP contribution in [0.4, 0.5) is 0 Å². The predicted molar refractivity (Wildman–Crippen MR) is 88.6 cm³/mol. The summed E-state index contributed by atoms with van der Waals surface area (Å²) in [6, 6.07) is 5.67. The summed E-state index contributed by atoms with van der Waals surface area (Å²) in [5.74, 6) is 0.823. The number of hydrogen-bond donors (Lipinski definition) is 1. The van der Waals surface area contributed by atoms with E-state index in [1.807, 2.05) is 6.92 Å². The molecule has 9 heteroatoms. The summed E-state index contributed by atoms with van der Waals surface area (Å²) in [7, 11) is -3.72. The van der Waals surface area contributed by atoms with Crippen LogP contribution in [0, 0.1) is 13.8 Å². The average molecular weight is 368 g/mol. The monoisotopic (exact) mass is 368 g/mol. The minimum atomic E-state index is -3.72. The fourth-order valence-corrected chi connectivity index (χ4v) is 2.71. The zero-order chi connectivity index (χ0) is 18.4. The Kier molecular flexibility index (Phi) is 6.16. The van der Waals surface area contributed by atoms with E-state index in [0.29, 0.717) is 17.9 Å². The summed E-state index contributed by atoms with van der Waals surface area (Å²) in [6.07, 6.45) is 0.738. The molecule has 0 fully saturated rings. The van der Waals surface area contributed by atoms with Gasteiger partial charge in [-0.2, -0.15) is 0 Å². The maximum Gasteiger partial charge on any atom is 0.306 e. The first-order valence-electron chi connectivity index (χ1n) is 7.60. The molecule has 0 unspecified atom stereocenters. The number of esters is 1. The van der Waals surface area contributed by atoms with Gasteiger partial charge in [-0.1, -0.05) is 5.16 Å². The highest BCUT2D eigenvalue weighted by Crippen LogP contribution is 2.15. The molecule has 2 rings (SSSR count).